The highest BCUT2D eigenvalue weighted by atomic mass is 127. The SMILES string of the molecule is COc1c(I)cc(I)cc1/C=N/Nc1nc(NCc2ccccc2)nc(N(C)C)n1. The van der Waals surface area contributed by atoms with Crippen molar-refractivity contribution in [2.75, 3.05) is 36.8 Å². The van der Waals surface area contributed by atoms with Gasteiger partial charge in [-0.15, -0.1) is 0 Å². The third-order valence-electron chi connectivity index (χ3n) is 3.93. The Morgan fingerprint density at radius 3 is 2.50 bits per heavy atom. The number of rotatable bonds is 8. The third kappa shape index (κ3) is 6.14. The van der Waals surface area contributed by atoms with E-state index < -0.39 is 0 Å². The summed E-state index contributed by atoms with van der Waals surface area (Å²) >= 11 is 4.51. The van der Waals surface area contributed by atoms with E-state index in [-0.39, 0.29) is 0 Å². The molecular formula is C20H21I2N7O. The van der Waals surface area contributed by atoms with Crippen molar-refractivity contribution in [2.24, 2.45) is 5.10 Å². The van der Waals surface area contributed by atoms with Crippen LogP contribution < -0.4 is 20.4 Å². The number of halogens is 2. The molecule has 156 valence electrons. The van der Waals surface area contributed by atoms with Crippen LogP contribution >= 0.6 is 45.2 Å². The zero-order valence-corrected chi connectivity index (χ0v) is 21.0. The van der Waals surface area contributed by atoms with Crippen molar-refractivity contribution >= 4 is 69.2 Å². The van der Waals surface area contributed by atoms with Crippen LogP contribution in [0.2, 0.25) is 0 Å². The molecule has 0 aliphatic heterocycles. The summed E-state index contributed by atoms with van der Waals surface area (Å²) in [7, 11) is 5.40. The predicted molar refractivity (Wildman–Crippen MR) is 138 cm³/mol. The summed E-state index contributed by atoms with van der Waals surface area (Å²) in [5.41, 5.74) is 4.90. The van der Waals surface area contributed by atoms with Crippen LogP contribution in [0.4, 0.5) is 17.8 Å². The maximum Gasteiger partial charge on any atom is 0.250 e. The molecule has 1 heterocycles. The lowest BCUT2D eigenvalue weighted by Crippen LogP contribution is -2.16. The Morgan fingerprint density at radius 2 is 1.80 bits per heavy atom. The molecule has 0 saturated carbocycles. The van der Waals surface area contributed by atoms with Crippen LogP contribution in [-0.2, 0) is 6.54 Å². The van der Waals surface area contributed by atoms with E-state index in [1.165, 1.54) is 0 Å². The number of methoxy groups -OCH3 is 1. The van der Waals surface area contributed by atoms with Crippen molar-refractivity contribution in [3.63, 3.8) is 0 Å². The Bertz CT molecular complexity index is 1030. The maximum absolute atomic E-state index is 5.49. The highest BCUT2D eigenvalue weighted by Crippen LogP contribution is 2.27. The molecule has 0 aliphatic carbocycles. The Kier molecular flexibility index (Phi) is 8.01. The summed E-state index contributed by atoms with van der Waals surface area (Å²) in [5, 5.41) is 7.54. The van der Waals surface area contributed by atoms with Crippen LogP contribution in [0, 0.1) is 7.14 Å². The summed E-state index contributed by atoms with van der Waals surface area (Å²) in [6, 6.07) is 14.1. The second-order valence-corrected chi connectivity index (χ2v) is 8.80. The number of benzene rings is 2. The van der Waals surface area contributed by atoms with E-state index in [4.69, 9.17) is 4.74 Å². The molecule has 0 saturated heterocycles. The van der Waals surface area contributed by atoms with E-state index in [0.717, 1.165) is 24.0 Å². The maximum atomic E-state index is 5.49. The van der Waals surface area contributed by atoms with Crippen molar-refractivity contribution < 1.29 is 4.74 Å². The highest BCUT2D eigenvalue weighted by molar-refractivity contribution is 14.1. The summed E-state index contributed by atoms with van der Waals surface area (Å²) in [4.78, 5) is 15.1. The summed E-state index contributed by atoms with van der Waals surface area (Å²) in [5.74, 6) is 2.12. The number of hydrazone groups is 1. The van der Waals surface area contributed by atoms with Crippen LogP contribution in [0.25, 0.3) is 0 Å². The molecule has 2 aromatic carbocycles. The molecule has 0 fully saturated rings. The van der Waals surface area contributed by atoms with E-state index in [2.05, 4.69) is 76.0 Å². The molecule has 0 unspecified atom stereocenters. The van der Waals surface area contributed by atoms with Gasteiger partial charge in [0.05, 0.1) is 16.9 Å². The summed E-state index contributed by atoms with van der Waals surface area (Å²) in [6.45, 7) is 0.610. The van der Waals surface area contributed by atoms with Gasteiger partial charge in [-0.25, -0.2) is 5.43 Å². The number of aromatic nitrogens is 3. The third-order valence-corrected chi connectivity index (χ3v) is 5.35. The fourth-order valence-electron chi connectivity index (χ4n) is 2.52. The quantitative estimate of drug-likeness (QED) is 0.220. The highest BCUT2D eigenvalue weighted by Gasteiger charge is 2.09. The minimum atomic E-state index is 0.347. The number of ether oxygens (including phenoxy) is 1. The van der Waals surface area contributed by atoms with Crippen molar-refractivity contribution in [1.82, 2.24) is 15.0 Å². The smallest absolute Gasteiger partial charge is 0.250 e. The van der Waals surface area contributed by atoms with Gasteiger partial charge < -0.3 is 15.0 Å². The van der Waals surface area contributed by atoms with Crippen molar-refractivity contribution in [3.05, 3.63) is 60.7 Å². The second-order valence-electron chi connectivity index (χ2n) is 6.40. The predicted octanol–water partition coefficient (Wildman–Crippen LogP) is 4.21. The van der Waals surface area contributed by atoms with Gasteiger partial charge in [0.15, 0.2) is 0 Å². The summed E-state index contributed by atoms with van der Waals surface area (Å²) in [6.07, 6.45) is 1.69. The number of nitrogens with zero attached hydrogens (tertiary/aromatic N) is 5. The van der Waals surface area contributed by atoms with Crippen LogP contribution in [0.15, 0.2) is 47.6 Å². The molecule has 0 aliphatic rings. The van der Waals surface area contributed by atoms with E-state index in [1.807, 2.05) is 61.5 Å². The molecule has 0 amide bonds. The molecule has 0 bridgehead atoms. The van der Waals surface area contributed by atoms with Crippen molar-refractivity contribution in [2.45, 2.75) is 6.54 Å². The Labute approximate surface area is 202 Å². The molecule has 2 N–H and O–H groups in total. The molecule has 1 aromatic heterocycles. The van der Waals surface area contributed by atoms with Crippen molar-refractivity contribution in [1.29, 1.82) is 0 Å². The van der Waals surface area contributed by atoms with Gasteiger partial charge in [0.25, 0.3) is 0 Å². The van der Waals surface area contributed by atoms with Gasteiger partial charge >= 0.3 is 0 Å². The number of hydrogen-bond acceptors (Lipinski definition) is 8. The lowest BCUT2D eigenvalue weighted by Gasteiger charge is -2.13. The average molecular weight is 629 g/mol. The van der Waals surface area contributed by atoms with Gasteiger partial charge in [0.1, 0.15) is 5.75 Å². The largest absolute Gasteiger partial charge is 0.495 e. The Hall–Kier alpha value is -2.22. The first-order valence-corrected chi connectivity index (χ1v) is 11.2. The Balaban J connectivity index is 1.78. The van der Waals surface area contributed by atoms with E-state index >= 15 is 0 Å². The fourth-order valence-corrected chi connectivity index (χ4v) is 4.63. The molecule has 30 heavy (non-hydrogen) atoms. The minimum absolute atomic E-state index is 0.347. The van der Waals surface area contributed by atoms with Gasteiger partial charge in [0, 0.05) is 29.8 Å². The molecular weight excluding hydrogens is 608 g/mol. The zero-order chi connectivity index (χ0) is 21.5. The fraction of sp³-hybridized carbons (Fsp3) is 0.200. The summed E-state index contributed by atoms with van der Waals surface area (Å²) < 4.78 is 7.61. The molecule has 3 rings (SSSR count). The van der Waals surface area contributed by atoms with Gasteiger partial charge in [-0.1, -0.05) is 30.3 Å². The average Bonchev–Trinajstić information content (AvgIpc) is 2.72. The normalized spacial score (nSPS) is 10.8. The molecule has 0 radical (unpaired) electrons. The van der Waals surface area contributed by atoms with Gasteiger partial charge in [-0.3, -0.25) is 0 Å². The van der Waals surface area contributed by atoms with E-state index in [9.17, 15) is 0 Å². The lowest BCUT2D eigenvalue weighted by atomic mass is 10.2. The minimum Gasteiger partial charge on any atom is -0.495 e. The second kappa shape index (κ2) is 10.7. The Morgan fingerprint density at radius 1 is 1.07 bits per heavy atom. The zero-order valence-electron chi connectivity index (χ0n) is 16.7. The van der Waals surface area contributed by atoms with Crippen LogP contribution in [0.3, 0.4) is 0 Å². The first-order valence-electron chi connectivity index (χ1n) is 8.99. The standard InChI is InChI=1S/C20H21I2N7O/c1-29(2)20-26-18(23-11-13-7-5-4-6-8-13)25-19(27-20)28-24-12-14-9-15(21)10-16(22)17(14)30-3/h4-10,12H,11H2,1-3H3,(H2,23,25,26,27,28)/b24-12+. The first-order chi connectivity index (χ1) is 14.5. The van der Waals surface area contributed by atoms with E-state index in [1.54, 1.807) is 13.3 Å². The molecule has 0 atom stereocenters. The first kappa shape index (κ1) is 22.5. The molecule has 8 nitrogen and oxygen atoms in total. The number of hydrogen-bond donors (Lipinski definition) is 2. The van der Waals surface area contributed by atoms with Crippen LogP contribution in [0.1, 0.15) is 11.1 Å². The topological polar surface area (TPSA) is 87.6 Å². The number of anilines is 3. The monoisotopic (exact) mass is 629 g/mol. The van der Waals surface area contributed by atoms with Gasteiger partial charge in [-0.2, -0.15) is 20.1 Å². The van der Waals surface area contributed by atoms with Crippen molar-refractivity contribution in [3.8, 4) is 5.75 Å². The van der Waals surface area contributed by atoms with Crippen LogP contribution in [0.5, 0.6) is 5.75 Å². The van der Waals surface area contributed by atoms with E-state index in [0.29, 0.717) is 24.4 Å². The molecule has 0 spiro atoms. The number of nitrogens with one attached hydrogen (secondary N) is 2. The molecule has 10 heteroatoms. The lowest BCUT2D eigenvalue weighted by molar-refractivity contribution is 0.411. The van der Waals surface area contributed by atoms with Gasteiger partial charge in [-0.05, 0) is 62.9 Å². The molecule has 3 aromatic rings. The van der Waals surface area contributed by atoms with Gasteiger partial charge in [0.2, 0.25) is 17.8 Å². The van der Waals surface area contributed by atoms with Crippen LogP contribution in [-0.4, -0.2) is 42.4 Å².